The van der Waals surface area contributed by atoms with Gasteiger partial charge in [-0.2, -0.15) is 22.7 Å². The lowest BCUT2D eigenvalue weighted by Gasteiger charge is -2.39. The zero-order chi connectivity index (χ0) is 35.5. The minimum Gasteiger partial charge on any atom is -0.504 e. The Bertz CT molecular complexity index is 2130. The molecule has 16 heteroatoms. The molecule has 50 heavy (non-hydrogen) atoms. The van der Waals surface area contributed by atoms with Crippen LogP contribution in [0.1, 0.15) is 82.9 Å². The van der Waals surface area contributed by atoms with Gasteiger partial charge < -0.3 is 24.6 Å². The number of hydrogen-bond donors (Lipinski definition) is 2. The smallest absolute Gasteiger partial charge is 0.416 e. The molecule has 2 aliphatic heterocycles. The van der Waals surface area contributed by atoms with Crippen molar-refractivity contribution in [3.63, 3.8) is 0 Å². The van der Waals surface area contributed by atoms with Gasteiger partial charge in [0.25, 0.3) is 11.5 Å². The number of rotatable bonds is 5. The summed E-state index contributed by atoms with van der Waals surface area (Å²) in [6, 6.07) is 3.12. The molecule has 1 aliphatic carbocycles. The molecule has 1 atom stereocenters. The Kier molecular flexibility index (Phi) is 8.23. The van der Waals surface area contributed by atoms with Crippen LogP contribution in [0.4, 0.5) is 18.9 Å². The monoisotopic (exact) mass is 692 g/mol. The Hall–Kier alpha value is -5.12. The molecule has 4 aromatic rings. The van der Waals surface area contributed by atoms with Crippen molar-refractivity contribution >= 4 is 28.9 Å². The highest BCUT2D eigenvalue weighted by molar-refractivity contribution is 5.95. The number of ether oxygens (including phenoxy) is 1. The normalized spacial score (nSPS) is 18.7. The predicted octanol–water partition coefficient (Wildman–Crippen LogP) is 4.15. The number of aromatic hydroxyl groups is 1. The van der Waals surface area contributed by atoms with Crippen molar-refractivity contribution in [3.8, 4) is 5.75 Å². The number of aromatic nitrogens is 6. The molecule has 262 valence electrons. The van der Waals surface area contributed by atoms with E-state index in [0.717, 1.165) is 17.7 Å². The number of amides is 2. The van der Waals surface area contributed by atoms with Crippen LogP contribution in [0.5, 0.6) is 5.75 Å². The summed E-state index contributed by atoms with van der Waals surface area (Å²) >= 11 is 0. The maximum absolute atomic E-state index is 14.4. The molecule has 7 rings (SSSR count). The quantitative estimate of drug-likeness (QED) is 0.314. The molecule has 1 unspecified atom stereocenters. The van der Waals surface area contributed by atoms with Crippen molar-refractivity contribution in [3.05, 3.63) is 80.6 Å². The third-order valence-electron chi connectivity index (χ3n) is 10.1. The molecule has 3 aliphatic rings. The van der Waals surface area contributed by atoms with Crippen molar-refractivity contribution in [1.29, 1.82) is 0 Å². The van der Waals surface area contributed by atoms with Crippen molar-refractivity contribution in [2.45, 2.75) is 70.5 Å². The number of likely N-dealkylation sites (tertiary alicyclic amines) is 1. The molecule has 2 N–H and O–H groups in total. The van der Waals surface area contributed by atoms with Gasteiger partial charge in [0, 0.05) is 35.4 Å². The van der Waals surface area contributed by atoms with E-state index in [2.05, 4.69) is 20.4 Å². The van der Waals surface area contributed by atoms with Crippen LogP contribution in [0.3, 0.4) is 0 Å². The average Bonchev–Trinajstić information content (AvgIpc) is 3.65. The number of carbonyl (C=O) groups is 2. The van der Waals surface area contributed by atoms with Gasteiger partial charge in [0.05, 0.1) is 24.5 Å². The number of anilines is 1. The highest BCUT2D eigenvalue weighted by atomic mass is 19.4. The van der Waals surface area contributed by atoms with Crippen molar-refractivity contribution in [2.24, 2.45) is 0 Å². The number of nitrogens with zero attached hydrogens (tertiary/aromatic N) is 7. The summed E-state index contributed by atoms with van der Waals surface area (Å²) in [5.74, 6) is -0.854. The summed E-state index contributed by atoms with van der Waals surface area (Å²) in [4.78, 5) is 55.7. The Balaban J connectivity index is 1.26. The van der Waals surface area contributed by atoms with Crippen molar-refractivity contribution in [2.75, 3.05) is 31.6 Å². The third kappa shape index (κ3) is 5.70. The molecule has 1 spiro atoms. The van der Waals surface area contributed by atoms with Crippen LogP contribution in [0.2, 0.25) is 0 Å². The number of hydrogen-bond acceptors (Lipinski definition) is 9. The first-order chi connectivity index (χ1) is 23.8. The van der Waals surface area contributed by atoms with Gasteiger partial charge in [0.2, 0.25) is 11.7 Å². The molecule has 0 saturated carbocycles. The zero-order valence-corrected chi connectivity index (χ0v) is 27.7. The molecule has 0 bridgehead atoms. The van der Waals surface area contributed by atoms with Gasteiger partial charge in [-0.15, -0.1) is 5.10 Å². The molecule has 1 fully saturated rings. The Morgan fingerprint density at radius 3 is 2.60 bits per heavy atom. The fraction of sp³-hybridized carbons (Fsp3) is 0.441. The number of aryl methyl sites for hydroxylation is 2. The minimum atomic E-state index is -4.52. The molecule has 13 nitrogen and oxygen atoms in total. The second kappa shape index (κ2) is 12.3. The standard InChI is InChI=1S/C34H35F3N8O5/c1-18-14-22(34(35,36)37)4-5-23(18)40-24(46)16-44-27-19(2)15-33(8-10-43(11-9-33)31(49)26-28(47)20(3)38-17-39-26)25(27)30(48)45-32(44)41-29(42-45)21-6-12-50-13-7-21/h4-6,14,17,19,47H,7-13,15-16H2,1-3H3,(H,40,46). The lowest BCUT2D eigenvalue weighted by Crippen LogP contribution is -2.46. The number of fused-ring (bicyclic) bond motifs is 3. The third-order valence-corrected chi connectivity index (χ3v) is 10.1. The van der Waals surface area contributed by atoms with E-state index in [4.69, 9.17) is 9.72 Å². The Labute approximate surface area is 283 Å². The zero-order valence-electron chi connectivity index (χ0n) is 27.7. The summed E-state index contributed by atoms with van der Waals surface area (Å²) in [7, 11) is 0. The van der Waals surface area contributed by atoms with Gasteiger partial charge in [0.1, 0.15) is 12.9 Å². The molecular weight excluding hydrogens is 657 g/mol. The second-order valence-electron chi connectivity index (χ2n) is 13.3. The largest absolute Gasteiger partial charge is 0.504 e. The summed E-state index contributed by atoms with van der Waals surface area (Å²) in [5.41, 5.74) is 0.877. The van der Waals surface area contributed by atoms with E-state index in [1.165, 1.54) is 23.8 Å². The molecule has 3 aromatic heterocycles. The highest BCUT2D eigenvalue weighted by Crippen LogP contribution is 2.50. The van der Waals surface area contributed by atoms with E-state index < -0.39 is 29.0 Å². The first kappa shape index (κ1) is 33.4. The second-order valence-corrected chi connectivity index (χ2v) is 13.3. The first-order valence-corrected chi connectivity index (χ1v) is 16.4. The number of benzene rings is 1. The minimum absolute atomic E-state index is 0.0791. The van der Waals surface area contributed by atoms with E-state index >= 15 is 0 Å². The number of halogens is 3. The highest BCUT2D eigenvalue weighted by Gasteiger charge is 2.49. The van der Waals surface area contributed by atoms with Crippen LogP contribution in [0.25, 0.3) is 11.4 Å². The van der Waals surface area contributed by atoms with Gasteiger partial charge in [-0.25, -0.2) is 9.97 Å². The van der Waals surface area contributed by atoms with Crippen LogP contribution in [0.15, 0.2) is 35.4 Å². The van der Waals surface area contributed by atoms with Crippen molar-refractivity contribution < 1.29 is 32.6 Å². The van der Waals surface area contributed by atoms with Crippen LogP contribution >= 0.6 is 0 Å². The van der Waals surface area contributed by atoms with Gasteiger partial charge in [-0.3, -0.25) is 14.4 Å². The van der Waals surface area contributed by atoms with E-state index in [1.807, 2.05) is 13.0 Å². The topological polar surface area (TPSA) is 157 Å². The fourth-order valence-electron chi connectivity index (χ4n) is 7.57. The molecule has 5 heterocycles. The molecule has 1 saturated heterocycles. The summed E-state index contributed by atoms with van der Waals surface area (Å²) < 4.78 is 48.2. The van der Waals surface area contributed by atoms with Crippen LogP contribution in [-0.4, -0.2) is 77.3 Å². The van der Waals surface area contributed by atoms with E-state index in [-0.39, 0.29) is 46.5 Å². The predicted molar refractivity (Wildman–Crippen MR) is 174 cm³/mol. The fourth-order valence-corrected chi connectivity index (χ4v) is 7.57. The van der Waals surface area contributed by atoms with Crippen LogP contribution in [-0.2, 0) is 27.7 Å². The first-order valence-electron chi connectivity index (χ1n) is 16.4. The van der Waals surface area contributed by atoms with Crippen molar-refractivity contribution in [1.82, 2.24) is 34.0 Å². The number of alkyl halides is 3. The average molecular weight is 693 g/mol. The Morgan fingerprint density at radius 2 is 1.92 bits per heavy atom. The summed E-state index contributed by atoms with van der Waals surface area (Å²) in [5, 5.41) is 17.8. The summed E-state index contributed by atoms with van der Waals surface area (Å²) in [6.45, 7) is 6.23. The lowest BCUT2D eigenvalue weighted by atomic mass is 9.73. The van der Waals surface area contributed by atoms with Crippen LogP contribution < -0.4 is 10.9 Å². The molecule has 2 amide bonds. The number of piperidine rings is 1. The summed E-state index contributed by atoms with van der Waals surface area (Å²) in [6.07, 6.45) is 0.588. The van der Waals surface area contributed by atoms with E-state index in [1.54, 1.807) is 16.4 Å². The maximum Gasteiger partial charge on any atom is 0.416 e. The van der Waals surface area contributed by atoms with E-state index in [0.29, 0.717) is 74.8 Å². The number of carbonyl (C=O) groups excluding carboxylic acids is 2. The van der Waals surface area contributed by atoms with E-state index in [9.17, 15) is 32.7 Å². The van der Waals surface area contributed by atoms with Gasteiger partial charge >= 0.3 is 6.18 Å². The Morgan fingerprint density at radius 1 is 1.16 bits per heavy atom. The van der Waals surface area contributed by atoms with Gasteiger partial charge in [-0.1, -0.05) is 13.0 Å². The lowest BCUT2D eigenvalue weighted by molar-refractivity contribution is -0.137. The molecule has 0 radical (unpaired) electrons. The number of nitrogens with one attached hydrogen (secondary N) is 1. The van der Waals surface area contributed by atoms with Gasteiger partial charge in [-0.05, 0) is 74.8 Å². The van der Waals surface area contributed by atoms with Gasteiger partial charge in [0.15, 0.2) is 17.3 Å². The molecule has 1 aromatic carbocycles. The SMILES string of the molecule is Cc1cc(C(F)(F)F)ccc1NC(=O)Cn1c2c(c(=O)n3nc(C4=CCOCC4)nc13)C1(CCN(C(=O)c3ncnc(C)c3O)CC1)CC2C. The maximum atomic E-state index is 14.4. The molecular formula is C34H35F3N8O5. The van der Waals surface area contributed by atoms with Crippen LogP contribution in [0, 0.1) is 13.8 Å².